The maximum atomic E-state index is 12.4. The molecule has 0 radical (unpaired) electrons. The zero-order valence-electron chi connectivity index (χ0n) is 12.3. The summed E-state index contributed by atoms with van der Waals surface area (Å²) in [7, 11) is 0. The Kier molecular flexibility index (Phi) is 5.61. The highest BCUT2D eigenvalue weighted by Gasteiger charge is 2.22. The first kappa shape index (κ1) is 15.5. The first-order chi connectivity index (χ1) is 9.60. The van der Waals surface area contributed by atoms with Crippen LogP contribution in [0.25, 0.3) is 0 Å². The van der Waals surface area contributed by atoms with Crippen molar-refractivity contribution in [3.05, 3.63) is 35.4 Å². The second-order valence-electron chi connectivity index (χ2n) is 5.82. The Morgan fingerprint density at radius 3 is 2.25 bits per heavy atom. The van der Waals surface area contributed by atoms with Crippen LogP contribution >= 0.6 is 15.9 Å². The molecular formula is C16H23BrN2O. The molecule has 1 saturated heterocycles. The smallest absolute Gasteiger partial charge is 0.253 e. The first-order valence-electron chi connectivity index (χ1n) is 7.26. The number of hydrogen-bond acceptors (Lipinski definition) is 2. The van der Waals surface area contributed by atoms with Gasteiger partial charge in [0.1, 0.15) is 0 Å². The third-order valence-electron chi connectivity index (χ3n) is 3.64. The average molecular weight is 339 g/mol. The van der Waals surface area contributed by atoms with Gasteiger partial charge in [0.25, 0.3) is 5.91 Å². The monoisotopic (exact) mass is 338 g/mol. The van der Waals surface area contributed by atoms with Crippen molar-refractivity contribution >= 4 is 21.8 Å². The molecule has 1 aliphatic rings. The van der Waals surface area contributed by atoms with Gasteiger partial charge in [-0.25, -0.2) is 0 Å². The van der Waals surface area contributed by atoms with Gasteiger partial charge < -0.3 is 4.90 Å². The minimum Gasteiger partial charge on any atom is -0.336 e. The van der Waals surface area contributed by atoms with Crippen molar-refractivity contribution in [1.82, 2.24) is 9.80 Å². The maximum absolute atomic E-state index is 12.4. The van der Waals surface area contributed by atoms with Crippen molar-refractivity contribution in [3.63, 3.8) is 0 Å². The number of hydrogen-bond donors (Lipinski definition) is 0. The van der Waals surface area contributed by atoms with Crippen molar-refractivity contribution in [1.29, 1.82) is 0 Å². The second-order valence-corrected chi connectivity index (χ2v) is 6.38. The van der Waals surface area contributed by atoms with Crippen molar-refractivity contribution in [2.24, 2.45) is 5.92 Å². The molecule has 1 amide bonds. The van der Waals surface area contributed by atoms with Gasteiger partial charge in [-0.1, -0.05) is 41.9 Å². The molecule has 3 nitrogen and oxygen atoms in total. The second kappa shape index (κ2) is 7.23. The first-order valence-corrected chi connectivity index (χ1v) is 8.39. The van der Waals surface area contributed by atoms with E-state index in [-0.39, 0.29) is 5.91 Å². The number of piperazine rings is 1. The molecule has 2 rings (SSSR count). The van der Waals surface area contributed by atoms with Crippen LogP contribution in [-0.2, 0) is 5.33 Å². The molecule has 110 valence electrons. The average Bonchev–Trinajstić information content (AvgIpc) is 2.47. The standard InChI is InChI=1S/C16H23BrN2O/c1-13(2)12-18-7-9-19(10-8-18)16(20)15-5-3-14(11-17)4-6-15/h3-6,13H,7-12H2,1-2H3. The fourth-order valence-electron chi connectivity index (χ4n) is 2.57. The third-order valence-corrected chi connectivity index (χ3v) is 4.29. The summed E-state index contributed by atoms with van der Waals surface area (Å²) in [6.45, 7) is 9.26. The van der Waals surface area contributed by atoms with Crippen LogP contribution in [0.2, 0.25) is 0 Å². The molecule has 1 fully saturated rings. The predicted molar refractivity (Wildman–Crippen MR) is 86.3 cm³/mol. The molecule has 1 aromatic rings. The van der Waals surface area contributed by atoms with Gasteiger partial charge in [0.15, 0.2) is 0 Å². The van der Waals surface area contributed by atoms with Crippen LogP contribution in [-0.4, -0.2) is 48.4 Å². The zero-order chi connectivity index (χ0) is 14.5. The van der Waals surface area contributed by atoms with Crippen LogP contribution in [0, 0.1) is 5.92 Å². The summed E-state index contributed by atoms with van der Waals surface area (Å²) in [5, 5.41) is 0.829. The number of rotatable bonds is 4. The Hall–Kier alpha value is -0.870. The quantitative estimate of drug-likeness (QED) is 0.788. The normalized spacial score (nSPS) is 16.7. The summed E-state index contributed by atoms with van der Waals surface area (Å²) in [6, 6.07) is 7.88. The van der Waals surface area contributed by atoms with Crippen LogP contribution in [0.4, 0.5) is 0 Å². The Balaban J connectivity index is 1.90. The van der Waals surface area contributed by atoms with Gasteiger partial charge in [-0.2, -0.15) is 0 Å². The summed E-state index contributed by atoms with van der Waals surface area (Å²) in [4.78, 5) is 16.8. The van der Waals surface area contributed by atoms with Gasteiger partial charge in [-0.15, -0.1) is 0 Å². The molecule has 0 saturated carbocycles. The van der Waals surface area contributed by atoms with E-state index in [0.29, 0.717) is 5.92 Å². The highest BCUT2D eigenvalue weighted by atomic mass is 79.9. The summed E-state index contributed by atoms with van der Waals surface area (Å²) in [5.41, 5.74) is 2.00. The predicted octanol–water partition coefficient (Wildman–Crippen LogP) is 3.00. The van der Waals surface area contributed by atoms with E-state index in [9.17, 15) is 4.79 Å². The van der Waals surface area contributed by atoms with Gasteiger partial charge in [-0.3, -0.25) is 9.69 Å². The number of benzene rings is 1. The van der Waals surface area contributed by atoms with E-state index in [4.69, 9.17) is 0 Å². The molecule has 4 heteroatoms. The van der Waals surface area contributed by atoms with Gasteiger partial charge in [0.05, 0.1) is 0 Å². The van der Waals surface area contributed by atoms with E-state index in [1.54, 1.807) is 0 Å². The van der Waals surface area contributed by atoms with Crippen LogP contribution in [0.15, 0.2) is 24.3 Å². The van der Waals surface area contributed by atoms with Crippen molar-refractivity contribution in [2.45, 2.75) is 19.2 Å². The summed E-state index contributed by atoms with van der Waals surface area (Å²) in [5.74, 6) is 0.851. The van der Waals surface area contributed by atoms with Gasteiger partial charge in [0, 0.05) is 43.6 Å². The summed E-state index contributed by atoms with van der Waals surface area (Å²) in [6.07, 6.45) is 0. The number of carbonyl (C=O) groups is 1. The molecule has 0 spiro atoms. The van der Waals surface area contributed by atoms with E-state index >= 15 is 0 Å². The molecule has 1 aliphatic heterocycles. The summed E-state index contributed by atoms with van der Waals surface area (Å²) >= 11 is 3.42. The van der Waals surface area contributed by atoms with E-state index in [2.05, 4.69) is 34.7 Å². The van der Waals surface area contributed by atoms with Crippen molar-refractivity contribution < 1.29 is 4.79 Å². The maximum Gasteiger partial charge on any atom is 0.253 e. The fraction of sp³-hybridized carbons (Fsp3) is 0.562. The van der Waals surface area contributed by atoms with Crippen LogP contribution in [0.1, 0.15) is 29.8 Å². The lowest BCUT2D eigenvalue weighted by atomic mass is 10.1. The lowest BCUT2D eigenvalue weighted by Crippen LogP contribution is -2.49. The van der Waals surface area contributed by atoms with Crippen LogP contribution in [0.3, 0.4) is 0 Å². The molecule has 0 atom stereocenters. The number of alkyl halides is 1. The lowest BCUT2D eigenvalue weighted by molar-refractivity contribution is 0.0624. The Morgan fingerprint density at radius 2 is 1.75 bits per heavy atom. The Morgan fingerprint density at radius 1 is 1.15 bits per heavy atom. The van der Waals surface area contributed by atoms with Gasteiger partial charge in [-0.05, 0) is 23.6 Å². The van der Waals surface area contributed by atoms with Crippen molar-refractivity contribution in [2.75, 3.05) is 32.7 Å². The molecule has 0 aliphatic carbocycles. The molecular weight excluding hydrogens is 316 g/mol. The number of carbonyl (C=O) groups excluding carboxylic acids is 1. The highest BCUT2D eigenvalue weighted by molar-refractivity contribution is 9.08. The van der Waals surface area contributed by atoms with Gasteiger partial charge >= 0.3 is 0 Å². The summed E-state index contributed by atoms with van der Waals surface area (Å²) < 4.78 is 0. The largest absolute Gasteiger partial charge is 0.336 e. The van der Waals surface area contributed by atoms with Crippen LogP contribution in [0.5, 0.6) is 0 Å². The van der Waals surface area contributed by atoms with E-state index in [1.165, 1.54) is 5.56 Å². The van der Waals surface area contributed by atoms with Crippen LogP contribution < -0.4 is 0 Å². The number of amides is 1. The molecule has 0 aromatic heterocycles. The fourth-order valence-corrected chi connectivity index (χ4v) is 2.94. The molecule has 20 heavy (non-hydrogen) atoms. The van der Waals surface area contributed by atoms with E-state index in [1.807, 2.05) is 29.2 Å². The SMILES string of the molecule is CC(C)CN1CCN(C(=O)c2ccc(CBr)cc2)CC1. The Labute approximate surface area is 130 Å². The van der Waals surface area contributed by atoms with Gasteiger partial charge in [0.2, 0.25) is 0 Å². The molecule has 0 bridgehead atoms. The molecule has 1 aromatic carbocycles. The topological polar surface area (TPSA) is 23.6 Å². The van der Waals surface area contributed by atoms with Crippen molar-refractivity contribution in [3.8, 4) is 0 Å². The minimum absolute atomic E-state index is 0.162. The zero-order valence-corrected chi connectivity index (χ0v) is 13.9. The third kappa shape index (κ3) is 4.06. The lowest BCUT2D eigenvalue weighted by Gasteiger charge is -2.35. The van der Waals surface area contributed by atoms with E-state index in [0.717, 1.165) is 43.6 Å². The minimum atomic E-state index is 0.162. The molecule has 1 heterocycles. The van der Waals surface area contributed by atoms with E-state index < -0.39 is 0 Å². The number of nitrogens with zero attached hydrogens (tertiary/aromatic N) is 2. The molecule has 0 unspecified atom stereocenters. The molecule has 0 N–H and O–H groups in total. The number of halogens is 1. The Bertz CT molecular complexity index is 436. The highest BCUT2D eigenvalue weighted by Crippen LogP contribution is 2.12.